The van der Waals surface area contributed by atoms with Crippen LogP contribution >= 0.6 is 31.9 Å². The lowest BCUT2D eigenvalue weighted by molar-refractivity contribution is -0.120. The quantitative estimate of drug-likeness (QED) is 0.311. The average Bonchev–Trinajstić information content (AvgIpc) is 2.89. The molecular formula is C35H40Br2N2O4. The Hall–Kier alpha value is -2.71. The molecule has 0 radical (unpaired) electrons. The molecule has 0 aromatic heterocycles. The van der Waals surface area contributed by atoms with Crippen molar-refractivity contribution < 1.29 is 19.1 Å². The van der Waals surface area contributed by atoms with E-state index in [1.165, 1.54) is 0 Å². The number of hydrogen-bond donors (Lipinski definition) is 1. The lowest BCUT2D eigenvalue weighted by Crippen LogP contribution is -2.44. The number of aryl methyl sites for hydroxylation is 1. The van der Waals surface area contributed by atoms with Crippen LogP contribution in [-0.4, -0.2) is 35.5 Å². The number of ether oxygens (including phenoxy) is 1. The lowest BCUT2D eigenvalue weighted by Gasteiger charge is -2.49. The van der Waals surface area contributed by atoms with Crippen LogP contribution < -0.4 is 10.1 Å². The molecular weight excluding hydrogens is 672 g/mol. The van der Waals surface area contributed by atoms with E-state index in [4.69, 9.17) is 4.74 Å². The third-order valence-corrected chi connectivity index (χ3v) is 9.68. The van der Waals surface area contributed by atoms with Crippen molar-refractivity contribution in [2.24, 2.45) is 10.8 Å². The number of anilines is 1. The highest BCUT2D eigenvalue weighted by molar-refractivity contribution is 9.11. The Bertz CT molecular complexity index is 1470. The van der Waals surface area contributed by atoms with Gasteiger partial charge in [0, 0.05) is 53.5 Å². The maximum atomic E-state index is 14.0. The maximum Gasteiger partial charge on any atom is 0.262 e. The number of ketones is 2. The molecule has 0 saturated carbocycles. The van der Waals surface area contributed by atoms with Gasteiger partial charge in [0.05, 0.1) is 8.95 Å². The summed E-state index contributed by atoms with van der Waals surface area (Å²) >= 11 is 7.34. The van der Waals surface area contributed by atoms with Gasteiger partial charge < -0.3 is 15.0 Å². The normalized spacial score (nSPS) is 19.8. The number of halogens is 2. The van der Waals surface area contributed by atoms with Crippen molar-refractivity contribution >= 4 is 55.0 Å². The van der Waals surface area contributed by atoms with E-state index in [1.807, 2.05) is 43.3 Å². The van der Waals surface area contributed by atoms with Gasteiger partial charge in [-0.15, -0.1) is 0 Å². The van der Waals surface area contributed by atoms with Crippen LogP contribution in [0.2, 0.25) is 0 Å². The Morgan fingerprint density at radius 3 is 1.91 bits per heavy atom. The molecule has 0 spiro atoms. The van der Waals surface area contributed by atoms with E-state index >= 15 is 0 Å². The van der Waals surface area contributed by atoms with Crippen molar-refractivity contribution in [1.82, 2.24) is 4.90 Å². The fraction of sp³-hybridized carbons (Fsp3) is 0.457. The third kappa shape index (κ3) is 6.56. The minimum atomic E-state index is -0.447. The first kappa shape index (κ1) is 31.7. The predicted molar refractivity (Wildman–Crippen MR) is 177 cm³/mol. The molecule has 2 aromatic rings. The van der Waals surface area contributed by atoms with E-state index in [-0.39, 0.29) is 34.9 Å². The molecule has 6 nitrogen and oxygen atoms in total. The number of Topliss-reactive ketones (excluding diaryl/α,β-unsaturated/α-hetero) is 2. The minimum absolute atomic E-state index is 0.113. The Morgan fingerprint density at radius 1 is 0.907 bits per heavy atom. The van der Waals surface area contributed by atoms with Crippen LogP contribution in [0, 0.1) is 17.8 Å². The van der Waals surface area contributed by atoms with Crippen LogP contribution in [0.1, 0.15) is 83.8 Å². The monoisotopic (exact) mass is 710 g/mol. The van der Waals surface area contributed by atoms with E-state index in [9.17, 15) is 14.4 Å². The molecule has 0 fully saturated rings. The van der Waals surface area contributed by atoms with Crippen molar-refractivity contribution in [3.8, 4) is 5.75 Å². The Balaban J connectivity index is 1.53. The number of hydrogen-bond acceptors (Lipinski definition) is 5. The highest BCUT2D eigenvalue weighted by atomic mass is 79.9. The number of nitrogens with zero attached hydrogens (tertiary/aromatic N) is 1. The van der Waals surface area contributed by atoms with Gasteiger partial charge in [0.1, 0.15) is 5.75 Å². The van der Waals surface area contributed by atoms with Gasteiger partial charge in [0.25, 0.3) is 5.91 Å². The second kappa shape index (κ2) is 12.0. The van der Waals surface area contributed by atoms with Crippen LogP contribution in [-0.2, 0) is 14.4 Å². The number of carbonyl (C=O) groups is 3. The van der Waals surface area contributed by atoms with Gasteiger partial charge in [0.2, 0.25) is 0 Å². The molecule has 1 aliphatic heterocycles. The summed E-state index contributed by atoms with van der Waals surface area (Å²) in [5, 5.41) is 2.85. The van der Waals surface area contributed by atoms with Crippen LogP contribution in [0.3, 0.4) is 0 Å². The zero-order valence-electron chi connectivity index (χ0n) is 25.8. The first-order chi connectivity index (χ1) is 20.2. The summed E-state index contributed by atoms with van der Waals surface area (Å²) in [7, 11) is 0. The van der Waals surface area contributed by atoms with Crippen LogP contribution in [0.4, 0.5) is 5.69 Å². The number of nitrogens with one attached hydrogen (secondary N) is 1. The molecule has 2 aromatic carbocycles. The van der Waals surface area contributed by atoms with Gasteiger partial charge in [-0.3, -0.25) is 14.4 Å². The fourth-order valence-electron chi connectivity index (χ4n) is 6.73. The molecule has 228 valence electrons. The number of amides is 1. The molecule has 5 rings (SSSR count). The molecule has 43 heavy (non-hydrogen) atoms. The van der Waals surface area contributed by atoms with Gasteiger partial charge in [-0.25, -0.2) is 0 Å². The largest absolute Gasteiger partial charge is 0.481 e. The molecule has 3 aliphatic rings. The van der Waals surface area contributed by atoms with Crippen LogP contribution in [0.25, 0.3) is 0 Å². The van der Waals surface area contributed by atoms with E-state index in [1.54, 1.807) is 0 Å². The average molecular weight is 713 g/mol. The second-order valence-electron chi connectivity index (χ2n) is 13.7. The Kier molecular flexibility index (Phi) is 8.85. The van der Waals surface area contributed by atoms with Crippen molar-refractivity contribution in [1.29, 1.82) is 0 Å². The van der Waals surface area contributed by atoms with E-state index in [0.717, 1.165) is 59.5 Å². The molecule has 1 amide bonds. The molecule has 0 saturated heterocycles. The van der Waals surface area contributed by atoms with Gasteiger partial charge in [-0.1, -0.05) is 52.3 Å². The van der Waals surface area contributed by atoms with Gasteiger partial charge in [-0.05, 0) is 98.7 Å². The minimum Gasteiger partial charge on any atom is -0.481 e. The van der Waals surface area contributed by atoms with Crippen molar-refractivity contribution in [3.05, 3.63) is 79.0 Å². The molecule has 8 heteroatoms. The molecule has 0 unspecified atom stereocenters. The highest BCUT2D eigenvalue weighted by Gasteiger charge is 2.49. The van der Waals surface area contributed by atoms with Gasteiger partial charge in [-0.2, -0.15) is 0 Å². The van der Waals surface area contributed by atoms with E-state index in [2.05, 4.69) is 76.7 Å². The topological polar surface area (TPSA) is 75.7 Å². The van der Waals surface area contributed by atoms with Crippen molar-refractivity contribution in [2.45, 2.75) is 79.6 Å². The van der Waals surface area contributed by atoms with Crippen LogP contribution in [0.5, 0.6) is 5.75 Å². The first-order valence-corrected chi connectivity index (χ1v) is 16.6. The lowest BCUT2D eigenvalue weighted by atomic mass is 9.63. The zero-order valence-corrected chi connectivity index (χ0v) is 29.0. The Labute approximate surface area is 271 Å². The summed E-state index contributed by atoms with van der Waals surface area (Å²) in [5.74, 6) is -0.00662. The summed E-state index contributed by atoms with van der Waals surface area (Å²) < 4.78 is 7.25. The highest BCUT2D eigenvalue weighted by Crippen LogP contribution is 2.55. The third-order valence-electron chi connectivity index (χ3n) is 8.51. The number of benzene rings is 2. The fourth-order valence-corrected chi connectivity index (χ4v) is 8.18. The number of rotatable bonds is 7. The number of carbonyl (C=O) groups excluding carboxylic acids is 3. The van der Waals surface area contributed by atoms with Crippen LogP contribution in [0.15, 0.2) is 67.9 Å². The predicted octanol–water partition coefficient (Wildman–Crippen LogP) is 8.63. The summed E-state index contributed by atoms with van der Waals surface area (Å²) in [5.41, 5.74) is 6.00. The number of allylic oxidation sites excluding steroid dienone is 4. The van der Waals surface area contributed by atoms with Crippen molar-refractivity contribution in [2.75, 3.05) is 18.5 Å². The first-order valence-electron chi connectivity index (χ1n) is 15.0. The molecule has 1 heterocycles. The van der Waals surface area contributed by atoms with Gasteiger partial charge >= 0.3 is 0 Å². The molecule has 0 atom stereocenters. The standard InChI is InChI=1S/C35H40Br2N2O4/c1-7-12-39-25-15-34(3,4)17-27(40)31(25)30(32-26(39)16-35(5,6)18-28(32)41)21-13-23(36)33(24(37)14-21)43-19-29(42)38-22-10-8-20(2)9-11-22/h8-11,13-14,30H,7,12,15-19H2,1-6H3,(H,38,42). The van der Waals surface area contributed by atoms with E-state index < -0.39 is 5.92 Å². The zero-order chi connectivity index (χ0) is 31.3. The van der Waals surface area contributed by atoms with Gasteiger partial charge in [0.15, 0.2) is 18.2 Å². The molecule has 0 bridgehead atoms. The summed E-state index contributed by atoms with van der Waals surface area (Å²) in [6.07, 6.45) is 3.39. The molecule has 1 N–H and O–H groups in total. The Morgan fingerprint density at radius 2 is 1.42 bits per heavy atom. The molecule has 2 aliphatic carbocycles. The smallest absolute Gasteiger partial charge is 0.262 e. The van der Waals surface area contributed by atoms with Crippen molar-refractivity contribution in [3.63, 3.8) is 0 Å². The second-order valence-corrected chi connectivity index (χ2v) is 15.4. The summed E-state index contributed by atoms with van der Waals surface area (Å²) in [6, 6.07) is 11.5. The summed E-state index contributed by atoms with van der Waals surface area (Å²) in [4.78, 5) is 42.9. The maximum absolute atomic E-state index is 14.0. The SMILES string of the molecule is CCCN1C2=C(C(=O)CC(C)(C)C2)C(c2cc(Br)c(OCC(=O)Nc3ccc(C)cc3)c(Br)c2)C2=C1CC(C)(C)CC2=O. The summed E-state index contributed by atoms with van der Waals surface area (Å²) in [6.45, 7) is 13.4. The van der Waals surface area contributed by atoms with E-state index in [0.29, 0.717) is 33.2 Å².